The van der Waals surface area contributed by atoms with Crippen LogP contribution in [0.15, 0.2) is 0 Å². The van der Waals surface area contributed by atoms with Crippen LogP contribution in [0.25, 0.3) is 0 Å². The van der Waals surface area contributed by atoms with Crippen LogP contribution in [-0.2, 0) is 23.8 Å². The topological polar surface area (TPSA) is 99.1 Å². The van der Waals surface area contributed by atoms with Crippen LogP contribution >= 0.6 is 0 Å². The SMILES string of the molecule is CC(OC(=O)[N+](O)(CC(C)(C)C)C(C)(C)C)C(=O)OC1C2CC3C(=O)OC1C3C2. The van der Waals surface area contributed by atoms with E-state index in [2.05, 4.69) is 0 Å². The zero-order valence-corrected chi connectivity index (χ0v) is 18.4. The number of hydroxylamine groups is 3. The van der Waals surface area contributed by atoms with Gasteiger partial charge in [-0.25, -0.2) is 10.0 Å². The third-order valence-electron chi connectivity index (χ3n) is 6.39. The molecule has 0 radical (unpaired) electrons. The first-order valence-corrected chi connectivity index (χ1v) is 10.4. The Balaban J connectivity index is 1.64. The molecule has 0 aromatic heterocycles. The maximum absolute atomic E-state index is 12.9. The first-order valence-electron chi connectivity index (χ1n) is 10.4. The molecule has 2 saturated carbocycles. The van der Waals surface area contributed by atoms with Crippen LogP contribution in [0, 0.1) is 23.2 Å². The lowest BCUT2D eigenvalue weighted by molar-refractivity contribution is -1.08. The molecule has 164 valence electrons. The van der Waals surface area contributed by atoms with Crippen molar-refractivity contribution in [3.8, 4) is 0 Å². The maximum Gasteiger partial charge on any atom is 0.550 e. The molecule has 8 nitrogen and oxygen atoms in total. The van der Waals surface area contributed by atoms with Gasteiger partial charge in [0.25, 0.3) is 0 Å². The van der Waals surface area contributed by atoms with Gasteiger partial charge in [-0.05, 0) is 40.5 Å². The summed E-state index contributed by atoms with van der Waals surface area (Å²) in [7, 11) is 0. The Hall–Kier alpha value is -1.67. The van der Waals surface area contributed by atoms with Gasteiger partial charge in [-0.2, -0.15) is 4.79 Å². The van der Waals surface area contributed by atoms with E-state index in [0.29, 0.717) is 6.42 Å². The predicted molar refractivity (Wildman–Crippen MR) is 102 cm³/mol. The quantitative estimate of drug-likeness (QED) is 0.249. The van der Waals surface area contributed by atoms with E-state index in [-0.39, 0.29) is 41.8 Å². The second-order valence-corrected chi connectivity index (χ2v) is 11.0. The molecule has 3 aliphatic rings. The van der Waals surface area contributed by atoms with Crippen molar-refractivity contribution in [1.82, 2.24) is 0 Å². The molecule has 2 aliphatic carbocycles. The first kappa shape index (κ1) is 22.0. The predicted octanol–water partition coefficient (Wildman–Crippen LogP) is 3.06. The minimum Gasteiger partial charge on any atom is -0.458 e. The fraction of sp³-hybridized carbons (Fsp3) is 0.857. The Morgan fingerprint density at radius 2 is 1.83 bits per heavy atom. The van der Waals surface area contributed by atoms with Gasteiger partial charge in [-0.3, -0.25) is 4.79 Å². The highest BCUT2D eigenvalue weighted by atomic mass is 16.7. The highest BCUT2D eigenvalue weighted by Gasteiger charge is 2.63. The van der Waals surface area contributed by atoms with Crippen molar-refractivity contribution in [2.24, 2.45) is 23.2 Å². The third-order valence-corrected chi connectivity index (χ3v) is 6.39. The molecule has 1 saturated heterocycles. The van der Waals surface area contributed by atoms with E-state index in [4.69, 9.17) is 14.2 Å². The van der Waals surface area contributed by atoms with Gasteiger partial charge >= 0.3 is 18.0 Å². The van der Waals surface area contributed by atoms with Crippen molar-refractivity contribution in [2.75, 3.05) is 6.54 Å². The minimum atomic E-state index is -1.18. The van der Waals surface area contributed by atoms with E-state index >= 15 is 0 Å². The molecule has 1 heterocycles. The standard InChI is InChI=1S/C21H34NO7/c1-11(27-19(25)22(26,21(5,6)7)10-20(2,3)4)17(23)28-15-12-8-13-14(9-12)18(24)29-16(13)15/h11-16,26H,8-10H2,1-7H3/q+1. The van der Waals surface area contributed by atoms with E-state index in [9.17, 15) is 19.6 Å². The molecular weight excluding hydrogens is 378 g/mol. The largest absolute Gasteiger partial charge is 0.550 e. The molecule has 3 rings (SSSR count). The van der Waals surface area contributed by atoms with Crippen LogP contribution in [0.5, 0.6) is 0 Å². The van der Waals surface area contributed by atoms with Gasteiger partial charge in [-0.15, -0.1) is 0 Å². The molecule has 2 bridgehead atoms. The molecule has 1 aliphatic heterocycles. The summed E-state index contributed by atoms with van der Waals surface area (Å²) in [6.07, 6.45) is -1.44. The van der Waals surface area contributed by atoms with E-state index in [1.807, 2.05) is 20.8 Å². The monoisotopic (exact) mass is 412 g/mol. The van der Waals surface area contributed by atoms with Gasteiger partial charge < -0.3 is 14.2 Å². The summed E-state index contributed by atoms with van der Waals surface area (Å²) in [5.41, 5.74) is -1.19. The third kappa shape index (κ3) is 3.89. The van der Waals surface area contributed by atoms with Gasteiger partial charge in [-0.1, -0.05) is 25.4 Å². The van der Waals surface area contributed by atoms with E-state index in [1.165, 1.54) is 6.92 Å². The number of carbonyl (C=O) groups excluding carboxylic acids is 3. The number of carbonyl (C=O) groups is 3. The highest BCUT2D eigenvalue weighted by molar-refractivity contribution is 5.79. The van der Waals surface area contributed by atoms with Crippen LogP contribution in [-0.4, -0.2) is 58.3 Å². The number of esters is 2. The minimum absolute atomic E-state index is 0.0632. The van der Waals surface area contributed by atoms with Crippen molar-refractivity contribution in [1.29, 1.82) is 0 Å². The number of quaternary nitrogens is 1. The lowest BCUT2D eigenvalue weighted by Gasteiger charge is -2.41. The molecule has 0 aromatic carbocycles. The molecule has 29 heavy (non-hydrogen) atoms. The zero-order chi connectivity index (χ0) is 21.9. The summed E-state index contributed by atoms with van der Waals surface area (Å²) < 4.78 is 15.4. The number of fused-ring (bicyclic) bond motifs is 1. The molecule has 3 fully saturated rings. The van der Waals surface area contributed by atoms with Crippen molar-refractivity contribution in [3.05, 3.63) is 0 Å². The Morgan fingerprint density at radius 1 is 1.21 bits per heavy atom. The molecule has 7 atom stereocenters. The zero-order valence-electron chi connectivity index (χ0n) is 18.4. The van der Waals surface area contributed by atoms with Crippen LogP contribution in [0.1, 0.15) is 61.3 Å². The van der Waals surface area contributed by atoms with Gasteiger partial charge in [0, 0.05) is 17.3 Å². The van der Waals surface area contributed by atoms with Gasteiger partial charge in [0.15, 0.2) is 0 Å². The van der Waals surface area contributed by atoms with Crippen molar-refractivity contribution >= 4 is 18.0 Å². The summed E-state index contributed by atoms with van der Waals surface area (Å²) in [6, 6.07) is 0. The Morgan fingerprint density at radius 3 is 2.38 bits per heavy atom. The fourth-order valence-corrected chi connectivity index (χ4v) is 4.84. The summed E-state index contributed by atoms with van der Waals surface area (Å²) >= 11 is 0. The smallest absolute Gasteiger partial charge is 0.458 e. The Bertz CT molecular complexity index is 707. The molecular formula is C21H34NO7+. The molecule has 8 heteroatoms. The van der Waals surface area contributed by atoms with Gasteiger partial charge in [0.2, 0.25) is 6.10 Å². The highest BCUT2D eigenvalue weighted by Crippen LogP contribution is 2.55. The average molecular weight is 413 g/mol. The van der Waals surface area contributed by atoms with E-state index in [0.717, 1.165) is 6.42 Å². The van der Waals surface area contributed by atoms with Crippen molar-refractivity contribution < 1.29 is 38.4 Å². The second kappa shape index (κ2) is 6.94. The average Bonchev–Trinajstić information content (AvgIpc) is 3.16. The summed E-state index contributed by atoms with van der Waals surface area (Å²) in [6.45, 7) is 12.5. The molecule has 1 amide bonds. The molecule has 0 aromatic rings. The fourth-order valence-electron chi connectivity index (χ4n) is 4.84. The normalized spacial score (nSPS) is 33.8. The van der Waals surface area contributed by atoms with Crippen LogP contribution < -0.4 is 0 Å². The summed E-state index contributed by atoms with van der Waals surface area (Å²) in [5, 5.41) is 11.1. The lowest BCUT2D eigenvalue weighted by Crippen LogP contribution is -2.64. The lowest BCUT2D eigenvalue weighted by atomic mass is 9.88. The maximum atomic E-state index is 12.9. The van der Waals surface area contributed by atoms with Crippen LogP contribution in [0.4, 0.5) is 4.79 Å². The molecule has 1 N–H and O–H groups in total. The van der Waals surface area contributed by atoms with E-state index in [1.54, 1.807) is 20.8 Å². The number of hydrogen-bond acceptors (Lipinski definition) is 7. The van der Waals surface area contributed by atoms with Crippen molar-refractivity contribution in [2.45, 2.75) is 85.2 Å². The van der Waals surface area contributed by atoms with Gasteiger partial charge in [0.05, 0.1) is 5.92 Å². The van der Waals surface area contributed by atoms with Crippen LogP contribution in [0.2, 0.25) is 0 Å². The van der Waals surface area contributed by atoms with Gasteiger partial charge in [0.1, 0.15) is 24.3 Å². The molecule has 0 spiro atoms. The number of hydrogen-bond donors (Lipinski definition) is 1. The number of amides is 1. The van der Waals surface area contributed by atoms with E-state index < -0.39 is 34.5 Å². The molecule has 7 unspecified atom stereocenters. The van der Waals surface area contributed by atoms with Crippen molar-refractivity contribution in [3.63, 3.8) is 0 Å². The number of rotatable bonds is 4. The Kier molecular flexibility index (Phi) is 5.27. The first-order chi connectivity index (χ1) is 13.1. The number of nitrogens with zero attached hydrogens (tertiary/aromatic N) is 1. The Labute approximate surface area is 172 Å². The van der Waals surface area contributed by atoms with Crippen LogP contribution in [0.3, 0.4) is 0 Å². The summed E-state index contributed by atoms with van der Waals surface area (Å²) in [5.74, 6) is -0.720. The number of ether oxygens (including phenoxy) is 3. The summed E-state index contributed by atoms with van der Waals surface area (Å²) in [4.78, 5) is 37.3. The second-order valence-electron chi connectivity index (χ2n) is 11.0.